The third-order valence-corrected chi connectivity index (χ3v) is 4.17. The van der Waals surface area contributed by atoms with Gasteiger partial charge in [-0.3, -0.25) is 9.59 Å². The van der Waals surface area contributed by atoms with Crippen LogP contribution in [0.25, 0.3) is 0 Å². The number of nitrogens with one attached hydrogen (secondary N) is 3. The van der Waals surface area contributed by atoms with E-state index in [-0.39, 0.29) is 11.6 Å². The van der Waals surface area contributed by atoms with E-state index in [1.165, 1.54) is 12.4 Å². The molecule has 3 rings (SSSR count). The Bertz CT molecular complexity index is 1110. The first kappa shape index (κ1) is 21.7. The topological polar surface area (TPSA) is 108 Å². The van der Waals surface area contributed by atoms with Gasteiger partial charge in [-0.25, -0.2) is 15.4 Å². The lowest BCUT2D eigenvalue weighted by molar-refractivity contribution is -0.117. The predicted octanol–water partition coefficient (Wildman–Crippen LogP) is 3.27. The summed E-state index contributed by atoms with van der Waals surface area (Å²) in [5.41, 5.74) is 4.22. The van der Waals surface area contributed by atoms with Crippen molar-refractivity contribution in [1.29, 1.82) is 0 Å². The fourth-order valence-corrected chi connectivity index (χ4v) is 2.50. The number of carbonyl (C=O) groups is 2. The number of anilines is 1. The first-order chi connectivity index (χ1) is 15.0. The summed E-state index contributed by atoms with van der Waals surface area (Å²) in [5.74, 6) is -0.797. The van der Waals surface area contributed by atoms with E-state index in [1.807, 2.05) is 6.92 Å². The average molecular weight is 435 g/mol. The second-order valence-electron chi connectivity index (χ2n) is 6.29. The zero-order chi connectivity index (χ0) is 22.1. The van der Waals surface area contributed by atoms with Crippen molar-refractivity contribution in [3.05, 3.63) is 101 Å². The lowest BCUT2D eigenvalue weighted by atomic mass is 10.2. The predicted molar refractivity (Wildman–Crippen MR) is 120 cm³/mol. The van der Waals surface area contributed by atoms with E-state index >= 15 is 0 Å². The van der Waals surface area contributed by atoms with Gasteiger partial charge in [-0.2, -0.15) is 5.10 Å². The van der Waals surface area contributed by atoms with E-state index < -0.39 is 11.8 Å². The molecule has 2 aromatic carbocycles. The maximum Gasteiger partial charge on any atom is 0.289 e. The molecule has 0 atom stereocenters. The molecule has 31 heavy (non-hydrogen) atoms. The molecule has 2 amide bonds. The quantitative estimate of drug-likeness (QED) is 0.300. The number of halogens is 1. The highest BCUT2D eigenvalue weighted by Crippen LogP contribution is 2.08. The Labute approximate surface area is 184 Å². The van der Waals surface area contributed by atoms with Gasteiger partial charge in [0.25, 0.3) is 11.8 Å². The van der Waals surface area contributed by atoms with Gasteiger partial charge in [-0.1, -0.05) is 41.9 Å². The van der Waals surface area contributed by atoms with Crippen molar-refractivity contribution in [1.82, 2.24) is 20.7 Å². The maximum absolute atomic E-state index is 12.6. The molecule has 0 saturated heterocycles. The molecule has 0 saturated carbocycles. The van der Waals surface area contributed by atoms with E-state index in [4.69, 9.17) is 11.6 Å². The average Bonchev–Trinajstić information content (AvgIpc) is 2.78. The summed E-state index contributed by atoms with van der Waals surface area (Å²) in [6.45, 7) is 1.81. The molecule has 3 N–H and O–H groups in total. The molecule has 156 valence electrons. The van der Waals surface area contributed by atoms with Crippen LogP contribution in [0.4, 0.5) is 5.95 Å². The monoisotopic (exact) mass is 434 g/mol. The highest BCUT2D eigenvalue weighted by molar-refractivity contribution is 6.30. The van der Waals surface area contributed by atoms with Crippen molar-refractivity contribution in [3.63, 3.8) is 0 Å². The zero-order valence-corrected chi connectivity index (χ0v) is 17.3. The fourth-order valence-electron chi connectivity index (χ4n) is 2.37. The maximum atomic E-state index is 12.6. The molecule has 1 heterocycles. The molecular formula is C22H19ClN6O2. The third kappa shape index (κ3) is 6.76. The van der Waals surface area contributed by atoms with E-state index in [2.05, 4.69) is 31.1 Å². The number of aromatic nitrogens is 2. The molecule has 0 fully saturated rings. The summed E-state index contributed by atoms with van der Waals surface area (Å²) in [4.78, 5) is 33.4. The molecule has 0 aliphatic carbocycles. The molecule has 0 radical (unpaired) electrons. The standard InChI is InChI=1S/C22H19ClN6O2/c1-15-11-12-24-22(27-15)25-14-19(28-20(30)17-5-3-2-4-6-17)21(31)29-26-13-16-7-9-18(23)10-8-16/h2-14H,1H3,(H,28,30)(H,29,31)(H,24,25,27)/b19-14-,26-13+. The number of hydrogen-bond donors (Lipinski definition) is 3. The van der Waals surface area contributed by atoms with Gasteiger partial charge in [0, 0.05) is 28.7 Å². The summed E-state index contributed by atoms with van der Waals surface area (Å²) >= 11 is 5.85. The molecule has 0 spiro atoms. The largest absolute Gasteiger partial charge is 0.328 e. The molecule has 3 aromatic rings. The molecule has 0 aliphatic heterocycles. The number of nitrogens with zero attached hydrogens (tertiary/aromatic N) is 3. The van der Waals surface area contributed by atoms with Crippen molar-refractivity contribution < 1.29 is 9.59 Å². The minimum atomic E-state index is -0.630. The third-order valence-electron chi connectivity index (χ3n) is 3.92. The summed E-state index contributed by atoms with van der Waals surface area (Å²) in [7, 11) is 0. The highest BCUT2D eigenvalue weighted by Gasteiger charge is 2.14. The fraction of sp³-hybridized carbons (Fsp3) is 0.0455. The molecule has 1 aromatic heterocycles. The number of rotatable bonds is 7. The van der Waals surface area contributed by atoms with Gasteiger partial charge >= 0.3 is 0 Å². The highest BCUT2D eigenvalue weighted by atomic mass is 35.5. The number of carbonyl (C=O) groups excluding carboxylic acids is 2. The smallest absolute Gasteiger partial charge is 0.289 e. The van der Waals surface area contributed by atoms with Crippen molar-refractivity contribution in [2.24, 2.45) is 5.10 Å². The van der Waals surface area contributed by atoms with Crippen LogP contribution in [0.15, 0.2) is 83.9 Å². The van der Waals surface area contributed by atoms with Gasteiger partial charge in [-0.05, 0) is 42.8 Å². The second kappa shape index (κ2) is 10.7. The Morgan fingerprint density at radius 3 is 2.48 bits per heavy atom. The Kier molecular flexibility index (Phi) is 7.45. The van der Waals surface area contributed by atoms with Gasteiger partial charge in [0.15, 0.2) is 0 Å². The van der Waals surface area contributed by atoms with E-state index in [0.717, 1.165) is 11.3 Å². The molecule has 0 unspecified atom stereocenters. The number of hydrazone groups is 1. The van der Waals surface area contributed by atoms with Crippen molar-refractivity contribution >= 4 is 35.6 Å². The first-order valence-electron chi connectivity index (χ1n) is 9.23. The minimum Gasteiger partial charge on any atom is -0.328 e. The van der Waals surface area contributed by atoms with Gasteiger partial charge < -0.3 is 10.6 Å². The van der Waals surface area contributed by atoms with E-state index in [9.17, 15) is 9.59 Å². The summed E-state index contributed by atoms with van der Waals surface area (Å²) in [5, 5.41) is 9.91. The van der Waals surface area contributed by atoms with Gasteiger partial charge in [0.2, 0.25) is 5.95 Å². The molecular weight excluding hydrogens is 416 g/mol. The first-order valence-corrected chi connectivity index (χ1v) is 9.61. The lowest BCUT2D eigenvalue weighted by Crippen LogP contribution is -2.33. The van der Waals surface area contributed by atoms with Crippen LogP contribution >= 0.6 is 11.6 Å². The minimum absolute atomic E-state index is 0.0628. The molecule has 0 aliphatic rings. The lowest BCUT2D eigenvalue weighted by Gasteiger charge is -2.09. The van der Waals surface area contributed by atoms with E-state index in [1.54, 1.807) is 66.9 Å². The van der Waals surface area contributed by atoms with E-state index in [0.29, 0.717) is 10.6 Å². The van der Waals surface area contributed by atoms with Crippen LogP contribution in [0, 0.1) is 6.92 Å². The Morgan fingerprint density at radius 2 is 1.77 bits per heavy atom. The number of benzene rings is 2. The van der Waals surface area contributed by atoms with Crippen molar-refractivity contribution in [2.45, 2.75) is 6.92 Å². The second-order valence-corrected chi connectivity index (χ2v) is 6.73. The van der Waals surface area contributed by atoms with Crippen LogP contribution < -0.4 is 16.1 Å². The summed E-state index contributed by atoms with van der Waals surface area (Å²) in [6.07, 6.45) is 4.35. The van der Waals surface area contributed by atoms with Gasteiger partial charge in [-0.15, -0.1) is 0 Å². The molecule has 9 heteroatoms. The van der Waals surface area contributed by atoms with Crippen LogP contribution in [0.5, 0.6) is 0 Å². The SMILES string of the molecule is Cc1ccnc(N/C=C(\NC(=O)c2ccccc2)C(=O)N/N=C/c2ccc(Cl)cc2)n1. The summed E-state index contributed by atoms with van der Waals surface area (Å²) in [6, 6.07) is 17.2. The number of amides is 2. The van der Waals surface area contributed by atoms with Crippen LogP contribution in [0.1, 0.15) is 21.6 Å². The normalized spacial score (nSPS) is 11.2. The van der Waals surface area contributed by atoms with Crippen LogP contribution in [0.2, 0.25) is 5.02 Å². The Hall–Kier alpha value is -4.04. The number of aryl methyl sites for hydroxylation is 1. The number of hydrogen-bond acceptors (Lipinski definition) is 6. The Balaban J connectivity index is 1.74. The zero-order valence-electron chi connectivity index (χ0n) is 16.5. The molecule has 8 nitrogen and oxygen atoms in total. The van der Waals surface area contributed by atoms with Crippen LogP contribution in [-0.4, -0.2) is 28.0 Å². The van der Waals surface area contributed by atoms with Crippen LogP contribution in [0.3, 0.4) is 0 Å². The Morgan fingerprint density at radius 1 is 1.03 bits per heavy atom. The summed E-state index contributed by atoms with van der Waals surface area (Å²) < 4.78 is 0. The van der Waals surface area contributed by atoms with Gasteiger partial charge in [0.1, 0.15) is 5.70 Å². The van der Waals surface area contributed by atoms with Crippen molar-refractivity contribution in [3.8, 4) is 0 Å². The molecule has 0 bridgehead atoms. The van der Waals surface area contributed by atoms with Crippen LogP contribution in [-0.2, 0) is 4.79 Å². The van der Waals surface area contributed by atoms with Crippen molar-refractivity contribution in [2.75, 3.05) is 5.32 Å². The van der Waals surface area contributed by atoms with Gasteiger partial charge in [0.05, 0.1) is 6.21 Å².